The summed E-state index contributed by atoms with van der Waals surface area (Å²) in [5, 5.41) is 0.217. The number of nitrogens with zero attached hydrogens (tertiary/aromatic N) is 4. The molecule has 25 heavy (non-hydrogen) atoms. The largest absolute Gasteiger partial charge is 0.332 e. The zero-order valence-corrected chi connectivity index (χ0v) is 15.2. The summed E-state index contributed by atoms with van der Waals surface area (Å²) >= 11 is 6.33. The van der Waals surface area contributed by atoms with Gasteiger partial charge in [0.25, 0.3) is 5.56 Å². The van der Waals surface area contributed by atoms with Crippen LogP contribution in [0.4, 0.5) is 0 Å². The molecule has 0 fully saturated rings. The molecule has 132 valence electrons. The van der Waals surface area contributed by atoms with Crippen molar-refractivity contribution in [1.29, 1.82) is 0 Å². The summed E-state index contributed by atoms with van der Waals surface area (Å²) < 4.78 is 4.53. The number of aryl methyl sites for hydroxylation is 1. The van der Waals surface area contributed by atoms with Crippen LogP contribution in [-0.4, -0.2) is 18.7 Å². The Bertz CT molecular complexity index is 1000. The normalized spacial score (nSPS) is 11.3. The molecular formula is C18H21ClN4O2. The molecule has 7 heteroatoms. The van der Waals surface area contributed by atoms with Crippen molar-refractivity contribution < 1.29 is 0 Å². The fraction of sp³-hybridized carbons (Fsp3) is 0.389. The third kappa shape index (κ3) is 3.14. The summed E-state index contributed by atoms with van der Waals surface area (Å²) in [7, 11) is 0. The molecule has 0 aliphatic rings. The van der Waals surface area contributed by atoms with Crippen molar-refractivity contribution in [2.24, 2.45) is 0 Å². The number of rotatable bonds is 6. The number of aromatic nitrogens is 4. The van der Waals surface area contributed by atoms with Crippen LogP contribution in [0.2, 0.25) is 5.28 Å². The van der Waals surface area contributed by atoms with E-state index >= 15 is 0 Å². The summed E-state index contributed by atoms with van der Waals surface area (Å²) in [6, 6.07) is 9.74. The maximum absolute atomic E-state index is 13.0. The van der Waals surface area contributed by atoms with Crippen molar-refractivity contribution in [3.63, 3.8) is 0 Å². The van der Waals surface area contributed by atoms with Crippen molar-refractivity contribution in [2.45, 2.75) is 46.3 Å². The Labute approximate surface area is 150 Å². The third-order valence-electron chi connectivity index (χ3n) is 4.15. The Balaban J connectivity index is 2.30. The molecule has 3 aromatic rings. The van der Waals surface area contributed by atoms with E-state index in [-0.39, 0.29) is 16.5 Å². The number of hydrogen-bond donors (Lipinski definition) is 0. The lowest BCUT2D eigenvalue weighted by Crippen LogP contribution is -2.40. The van der Waals surface area contributed by atoms with E-state index in [9.17, 15) is 9.59 Å². The molecule has 2 heterocycles. The summed E-state index contributed by atoms with van der Waals surface area (Å²) in [6.45, 7) is 5.23. The molecule has 0 radical (unpaired) electrons. The Morgan fingerprint density at radius 1 is 0.960 bits per heavy atom. The Kier molecular flexibility index (Phi) is 5.08. The van der Waals surface area contributed by atoms with Crippen LogP contribution in [0.3, 0.4) is 0 Å². The second kappa shape index (κ2) is 7.27. The minimum absolute atomic E-state index is 0.217. The van der Waals surface area contributed by atoms with Gasteiger partial charge in [0.05, 0.1) is 6.54 Å². The van der Waals surface area contributed by atoms with Gasteiger partial charge >= 0.3 is 5.69 Å². The summed E-state index contributed by atoms with van der Waals surface area (Å²) in [6.07, 6.45) is 1.47. The highest BCUT2D eigenvalue weighted by Crippen LogP contribution is 2.18. The summed E-state index contributed by atoms with van der Waals surface area (Å²) in [5.74, 6) is 0. The molecule has 0 saturated carbocycles. The van der Waals surface area contributed by atoms with Gasteiger partial charge < -0.3 is 4.57 Å². The van der Waals surface area contributed by atoms with Gasteiger partial charge in [-0.1, -0.05) is 44.2 Å². The minimum atomic E-state index is -0.329. The second-order valence-corrected chi connectivity index (χ2v) is 6.35. The van der Waals surface area contributed by atoms with Crippen LogP contribution in [0.15, 0.2) is 39.9 Å². The van der Waals surface area contributed by atoms with Gasteiger partial charge in [0, 0.05) is 13.1 Å². The molecule has 3 rings (SSSR count). The van der Waals surface area contributed by atoms with Gasteiger partial charge in [-0.2, -0.15) is 4.98 Å². The lowest BCUT2D eigenvalue weighted by molar-refractivity contribution is 0.554. The lowest BCUT2D eigenvalue weighted by Gasteiger charge is -2.11. The highest BCUT2D eigenvalue weighted by molar-refractivity contribution is 6.29. The van der Waals surface area contributed by atoms with E-state index in [1.54, 1.807) is 9.13 Å². The number of imidazole rings is 1. The summed E-state index contributed by atoms with van der Waals surface area (Å²) in [5.41, 5.74) is 1.12. The standard InChI is InChI=1S/C18H21ClN4O2/c1-3-10-21-15-14(16(24)22(11-4-2)18(21)25)23(17(19)20-15)12-13-8-6-5-7-9-13/h5-9H,3-4,10-12H2,1-2H3. The highest BCUT2D eigenvalue weighted by Gasteiger charge is 2.20. The van der Waals surface area contributed by atoms with E-state index in [2.05, 4.69) is 4.98 Å². The maximum Gasteiger partial charge on any atom is 0.332 e. The monoisotopic (exact) mass is 360 g/mol. The predicted octanol–water partition coefficient (Wildman–Crippen LogP) is 2.88. The molecule has 0 spiro atoms. The van der Waals surface area contributed by atoms with Crippen molar-refractivity contribution in [2.75, 3.05) is 0 Å². The number of fused-ring (bicyclic) bond motifs is 1. The molecule has 0 atom stereocenters. The minimum Gasteiger partial charge on any atom is -0.304 e. The highest BCUT2D eigenvalue weighted by atomic mass is 35.5. The molecule has 6 nitrogen and oxygen atoms in total. The average molecular weight is 361 g/mol. The molecule has 0 aliphatic carbocycles. The molecule has 0 aliphatic heterocycles. The first kappa shape index (κ1) is 17.5. The fourth-order valence-corrected chi connectivity index (χ4v) is 3.24. The van der Waals surface area contributed by atoms with Gasteiger partial charge in [-0.15, -0.1) is 0 Å². The van der Waals surface area contributed by atoms with E-state index < -0.39 is 0 Å². The van der Waals surface area contributed by atoms with Gasteiger partial charge in [-0.05, 0) is 30.0 Å². The zero-order valence-electron chi connectivity index (χ0n) is 14.4. The van der Waals surface area contributed by atoms with Crippen LogP contribution in [0.1, 0.15) is 32.3 Å². The van der Waals surface area contributed by atoms with Crippen molar-refractivity contribution >= 4 is 22.8 Å². The fourth-order valence-electron chi connectivity index (χ4n) is 3.02. The van der Waals surface area contributed by atoms with Crippen LogP contribution in [-0.2, 0) is 19.6 Å². The first-order valence-electron chi connectivity index (χ1n) is 8.51. The number of hydrogen-bond acceptors (Lipinski definition) is 3. The summed E-state index contributed by atoms with van der Waals surface area (Å²) in [4.78, 5) is 30.0. The van der Waals surface area contributed by atoms with Gasteiger partial charge in [-0.3, -0.25) is 13.9 Å². The van der Waals surface area contributed by atoms with E-state index in [0.29, 0.717) is 37.2 Å². The number of benzene rings is 1. The molecular weight excluding hydrogens is 340 g/mol. The molecule has 2 aromatic heterocycles. The second-order valence-electron chi connectivity index (χ2n) is 6.02. The molecule has 0 saturated heterocycles. The molecule has 0 N–H and O–H groups in total. The van der Waals surface area contributed by atoms with Gasteiger partial charge in [0.1, 0.15) is 0 Å². The molecule has 0 bridgehead atoms. The number of halogens is 1. The maximum atomic E-state index is 13.0. The van der Waals surface area contributed by atoms with E-state index in [4.69, 9.17) is 11.6 Å². The van der Waals surface area contributed by atoms with Crippen molar-refractivity contribution in [3.8, 4) is 0 Å². The Hall–Kier alpha value is -2.34. The Morgan fingerprint density at radius 3 is 2.24 bits per heavy atom. The SMILES string of the molecule is CCCn1c(=O)c2c(nc(Cl)n2Cc2ccccc2)n(CCC)c1=O. The Morgan fingerprint density at radius 2 is 1.60 bits per heavy atom. The smallest absolute Gasteiger partial charge is 0.304 e. The van der Waals surface area contributed by atoms with Crippen LogP contribution in [0.25, 0.3) is 11.2 Å². The van der Waals surface area contributed by atoms with E-state index in [0.717, 1.165) is 12.0 Å². The third-order valence-corrected chi connectivity index (χ3v) is 4.43. The first-order chi connectivity index (χ1) is 12.1. The van der Waals surface area contributed by atoms with Crippen LogP contribution in [0, 0.1) is 0 Å². The van der Waals surface area contributed by atoms with Gasteiger partial charge in [0.15, 0.2) is 11.2 Å². The molecule has 0 amide bonds. The van der Waals surface area contributed by atoms with Gasteiger partial charge in [0.2, 0.25) is 5.28 Å². The van der Waals surface area contributed by atoms with E-state index in [1.807, 2.05) is 44.2 Å². The molecule has 1 aromatic carbocycles. The average Bonchev–Trinajstić information content (AvgIpc) is 2.93. The molecule has 0 unspecified atom stereocenters. The van der Waals surface area contributed by atoms with E-state index in [1.165, 1.54) is 4.57 Å². The van der Waals surface area contributed by atoms with Crippen LogP contribution >= 0.6 is 11.6 Å². The van der Waals surface area contributed by atoms with Crippen LogP contribution < -0.4 is 11.2 Å². The zero-order chi connectivity index (χ0) is 18.0. The van der Waals surface area contributed by atoms with Crippen molar-refractivity contribution in [1.82, 2.24) is 18.7 Å². The van der Waals surface area contributed by atoms with Crippen LogP contribution in [0.5, 0.6) is 0 Å². The van der Waals surface area contributed by atoms with Gasteiger partial charge in [-0.25, -0.2) is 4.79 Å². The lowest BCUT2D eigenvalue weighted by atomic mass is 10.2. The van der Waals surface area contributed by atoms with Crippen molar-refractivity contribution in [3.05, 3.63) is 62.0 Å². The first-order valence-corrected chi connectivity index (χ1v) is 8.89. The predicted molar refractivity (Wildman–Crippen MR) is 99.4 cm³/mol. The topological polar surface area (TPSA) is 61.8 Å². The quantitative estimate of drug-likeness (QED) is 0.635.